The number of nitrogens with zero attached hydrogens (tertiary/aromatic N) is 4. The summed E-state index contributed by atoms with van der Waals surface area (Å²) in [6.07, 6.45) is 3.61. The molecule has 31 heavy (non-hydrogen) atoms. The molecule has 1 saturated heterocycles. The molecule has 1 fully saturated rings. The lowest BCUT2D eigenvalue weighted by atomic mass is 10.1. The monoisotopic (exact) mass is 418 g/mol. The molecule has 160 valence electrons. The Morgan fingerprint density at radius 2 is 1.81 bits per heavy atom. The van der Waals surface area contributed by atoms with Crippen molar-refractivity contribution in [1.82, 2.24) is 14.8 Å². The fraction of sp³-hybridized carbons (Fsp3) is 0.292. The molecule has 0 radical (unpaired) electrons. The summed E-state index contributed by atoms with van der Waals surface area (Å²) in [5.41, 5.74) is 3.35. The third-order valence-electron chi connectivity index (χ3n) is 5.64. The van der Waals surface area contributed by atoms with Crippen LogP contribution in [0.4, 0.5) is 5.69 Å². The van der Waals surface area contributed by atoms with Crippen molar-refractivity contribution in [1.29, 1.82) is 0 Å². The minimum Gasteiger partial charge on any atom is -0.481 e. The van der Waals surface area contributed by atoms with Gasteiger partial charge in [-0.3, -0.25) is 15.0 Å². The average molecular weight is 418 g/mol. The van der Waals surface area contributed by atoms with Crippen molar-refractivity contribution in [2.24, 2.45) is 0 Å². The van der Waals surface area contributed by atoms with Crippen molar-refractivity contribution >= 4 is 28.7 Å². The zero-order valence-electron chi connectivity index (χ0n) is 17.8. The van der Waals surface area contributed by atoms with Crippen LogP contribution in [0.5, 0.6) is 5.88 Å². The van der Waals surface area contributed by atoms with Gasteiger partial charge in [0.1, 0.15) is 0 Å². The van der Waals surface area contributed by atoms with Gasteiger partial charge in [-0.05, 0) is 43.0 Å². The molecule has 0 N–H and O–H groups in total. The van der Waals surface area contributed by atoms with Crippen LogP contribution < -0.4 is 4.74 Å². The number of ether oxygens (including phenoxy) is 1. The van der Waals surface area contributed by atoms with Gasteiger partial charge in [0, 0.05) is 49.7 Å². The second kappa shape index (κ2) is 9.24. The summed E-state index contributed by atoms with van der Waals surface area (Å²) < 4.78 is 5.45. The summed E-state index contributed by atoms with van der Waals surface area (Å²) in [6, 6.07) is 15.1. The van der Waals surface area contributed by atoms with Crippen molar-refractivity contribution in [2.45, 2.75) is 6.54 Å². The Morgan fingerprint density at radius 3 is 2.55 bits per heavy atom. The van der Waals surface area contributed by atoms with E-state index in [1.54, 1.807) is 19.3 Å². The second-order valence-electron chi connectivity index (χ2n) is 7.84. The summed E-state index contributed by atoms with van der Waals surface area (Å²) in [7, 11) is 3.70. The molecule has 0 spiro atoms. The summed E-state index contributed by atoms with van der Waals surface area (Å²) in [5, 5.41) is 12.6. The zero-order valence-corrected chi connectivity index (χ0v) is 17.8. The van der Waals surface area contributed by atoms with Crippen molar-refractivity contribution in [3.63, 3.8) is 0 Å². The van der Waals surface area contributed by atoms with E-state index in [0.717, 1.165) is 54.8 Å². The van der Waals surface area contributed by atoms with Gasteiger partial charge in [0.25, 0.3) is 5.69 Å². The maximum atomic E-state index is 11.6. The number of piperazine rings is 1. The first-order valence-electron chi connectivity index (χ1n) is 10.3. The number of pyridine rings is 1. The average Bonchev–Trinajstić information content (AvgIpc) is 2.78. The van der Waals surface area contributed by atoms with Crippen LogP contribution in [0.25, 0.3) is 23.1 Å². The molecular weight excluding hydrogens is 392 g/mol. The molecule has 4 rings (SSSR count). The minimum atomic E-state index is -0.338. The molecule has 1 aliphatic rings. The summed E-state index contributed by atoms with van der Waals surface area (Å²) >= 11 is 0. The normalized spacial score (nSPS) is 15.5. The molecule has 2 aromatic carbocycles. The molecule has 0 saturated carbocycles. The highest BCUT2D eigenvalue weighted by molar-refractivity contribution is 5.85. The minimum absolute atomic E-state index is 0.0890. The first kappa shape index (κ1) is 21.0. The molecule has 7 nitrogen and oxygen atoms in total. The van der Waals surface area contributed by atoms with E-state index in [0.29, 0.717) is 11.4 Å². The maximum Gasteiger partial charge on any atom is 0.276 e. The van der Waals surface area contributed by atoms with Crippen LogP contribution in [-0.4, -0.2) is 60.0 Å². The van der Waals surface area contributed by atoms with Crippen molar-refractivity contribution in [2.75, 3.05) is 40.3 Å². The molecule has 0 atom stereocenters. The smallest absolute Gasteiger partial charge is 0.276 e. The summed E-state index contributed by atoms with van der Waals surface area (Å²) in [4.78, 5) is 20.5. The number of methoxy groups -OCH3 is 1. The van der Waals surface area contributed by atoms with Crippen molar-refractivity contribution in [3.8, 4) is 5.88 Å². The molecule has 0 unspecified atom stereocenters. The highest BCUT2D eigenvalue weighted by Crippen LogP contribution is 2.27. The molecular formula is C24H26N4O3. The maximum absolute atomic E-state index is 11.6. The second-order valence-corrected chi connectivity index (χ2v) is 7.84. The van der Waals surface area contributed by atoms with Crippen LogP contribution in [0.15, 0.2) is 48.5 Å². The van der Waals surface area contributed by atoms with Crippen LogP contribution in [-0.2, 0) is 6.54 Å². The number of rotatable bonds is 6. The van der Waals surface area contributed by atoms with E-state index in [1.165, 1.54) is 0 Å². The molecule has 2 heterocycles. The molecule has 1 aliphatic heterocycles. The van der Waals surface area contributed by atoms with E-state index in [-0.39, 0.29) is 10.6 Å². The lowest BCUT2D eigenvalue weighted by Crippen LogP contribution is -2.43. The topological polar surface area (TPSA) is 71.7 Å². The third kappa shape index (κ3) is 4.90. The number of hydrogen-bond acceptors (Lipinski definition) is 6. The van der Waals surface area contributed by atoms with Crippen LogP contribution >= 0.6 is 0 Å². The fourth-order valence-corrected chi connectivity index (χ4v) is 3.84. The zero-order chi connectivity index (χ0) is 21.8. The van der Waals surface area contributed by atoms with Gasteiger partial charge >= 0.3 is 0 Å². The Kier molecular flexibility index (Phi) is 6.25. The van der Waals surface area contributed by atoms with E-state index in [1.807, 2.05) is 48.5 Å². The van der Waals surface area contributed by atoms with Gasteiger partial charge < -0.3 is 9.64 Å². The number of hydrogen-bond donors (Lipinski definition) is 0. The molecule has 1 aromatic heterocycles. The van der Waals surface area contributed by atoms with Gasteiger partial charge in [0.15, 0.2) is 0 Å². The molecule has 0 bridgehead atoms. The standard InChI is InChI=1S/C24H26N4O3/c1-26-11-13-27(14-12-26)17-18-7-10-23(28(29)30)20(15-18)8-9-21-16-19-5-3-4-6-22(19)25-24(21)31-2/h3-10,15-16H,11-14,17H2,1-2H3/b9-8+. The summed E-state index contributed by atoms with van der Waals surface area (Å²) in [5.74, 6) is 0.492. The lowest BCUT2D eigenvalue weighted by Gasteiger charge is -2.32. The number of benzene rings is 2. The van der Waals surface area contributed by atoms with Gasteiger partial charge in [0.2, 0.25) is 5.88 Å². The quantitative estimate of drug-likeness (QED) is 0.444. The molecule has 7 heteroatoms. The first-order chi connectivity index (χ1) is 15.0. The predicted molar refractivity (Wildman–Crippen MR) is 123 cm³/mol. The highest BCUT2D eigenvalue weighted by Gasteiger charge is 2.17. The fourth-order valence-electron chi connectivity index (χ4n) is 3.84. The van der Waals surface area contributed by atoms with Crippen LogP contribution in [0.3, 0.4) is 0 Å². The van der Waals surface area contributed by atoms with E-state index >= 15 is 0 Å². The van der Waals surface area contributed by atoms with E-state index in [4.69, 9.17) is 4.74 Å². The number of para-hydroxylation sites is 1. The Bertz CT molecular complexity index is 1120. The number of likely N-dealkylation sites (N-methyl/N-ethyl adjacent to an activating group) is 1. The first-order valence-corrected chi connectivity index (χ1v) is 10.3. The lowest BCUT2D eigenvalue weighted by molar-refractivity contribution is -0.385. The van der Waals surface area contributed by atoms with Gasteiger partial charge in [0.05, 0.1) is 23.1 Å². The van der Waals surface area contributed by atoms with Crippen molar-refractivity contribution < 1.29 is 9.66 Å². The number of aromatic nitrogens is 1. The van der Waals surface area contributed by atoms with E-state index in [9.17, 15) is 10.1 Å². The van der Waals surface area contributed by atoms with Crippen LogP contribution in [0, 0.1) is 10.1 Å². The van der Waals surface area contributed by atoms with E-state index < -0.39 is 0 Å². The van der Waals surface area contributed by atoms with Crippen LogP contribution in [0.2, 0.25) is 0 Å². The number of nitro benzene ring substituents is 1. The van der Waals surface area contributed by atoms with Crippen molar-refractivity contribution in [3.05, 3.63) is 75.3 Å². The van der Waals surface area contributed by atoms with Gasteiger partial charge in [-0.25, -0.2) is 4.98 Å². The van der Waals surface area contributed by atoms with Gasteiger partial charge in [-0.1, -0.05) is 24.3 Å². The van der Waals surface area contributed by atoms with Gasteiger partial charge in [-0.15, -0.1) is 0 Å². The largest absolute Gasteiger partial charge is 0.481 e. The number of nitro groups is 1. The Hall–Kier alpha value is -3.29. The highest BCUT2D eigenvalue weighted by atomic mass is 16.6. The summed E-state index contributed by atoms with van der Waals surface area (Å²) in [6.45, 7) is 4.85. The SMILES string of the molecule is COc1nc2ccccc2cc1/C=C/c1cc(CN2CCN(C)CC2)ccc1[N+](=O)[O-]. The van der Waals surface area contributed by atoms with Gasteiger partial charge in [-0.2, -0.15) is 0 Å². The van der Waals surface area contributed by atoms with Crippen LogP contribution in [0.1, 0.15) is 16.7 Å². The molecule has 3 aromatic rings. The van der Waals surface area contributed by atoms with E-state index in [2.05, 4.69) is 21.8 Å². The Balaban J connectivity index is 1.64. The third-order valence-corrected chi connectivity index (χ3v) is 5.64. The Morgan fingerprint density at radius 1 is 1.06 bits per heavy atom. The molecule has 0 amide bonds. The Labute approximate surface area is 181 Å². The predicted octanol–water partition coefficient (Wildman–Crippen LogP) is 4.07. The number of fused-ring (bicyclic) bond motifs is 1. The molecule has 0 aliphatic carbocycles.